The van der Waals surface area contributed by atoms with Crippen molar-refractivity contribution in [3.63, 3.8) is 0 Å². The molecule has 0 spiro atoms. The summed E-state index contributed by atoms with van der Waals surface area (Å²) in [6, 6.07) is 10.0. The van der Waals surface area contributed by atoms with Crippen molar-refractivity contribution in [1.82, 2.24) is 10.2 Å². The van der Waals surface area contributed by atoms with E-state index in [1.54, 1.807) is 37.4 Å². The number of halogens is 2. The van der Waals surface area contributed by atoms with E-state index >= 15 is 0 Å². The van der Waals surface area contributed by atoms with Crippen molar-refractivity contribution in [3.05, 3.63) is 53.6 Å². The Bertz CT molecular complexity index is 897. The predicted molar refractivity (Wildman–Crippen MR) is 115 cm³/mol. The molecule has 2 amide bonds. The average Bonchev–Trinajstić information content (AvgIpc) is 2.77. The second-order valence-corrected chi connectivity index (χ2v) is 7.51. The number of nitrogens with one attached hydrogen (secondary N) is 1. The summed E-state index contributed by atoms with van der Waals surface area (Å²) < 4.78 is 39.3. The normalized spacial score (nSPS) is 11.8. The molecule has 0 aliphatic heterocycles. The molecule has 0 fully saturated rings. The van der Waals surface area contributed by atoms with E-state index in [1.165, 1.54) is 31.3 Å². The minimum absolute atomic E-state index is 0.0405. The number of methoxy groups -OCH3 is 2. The predicted octanol–water partition coefficient (Wildman–Crippen LogP) is 3.72. The number of carbonyl (C=O) groups is 2. The third-order valence-electron chi connectivity index (χ3n) is 4.78. The van der Waals surface area contributed by atoms with E-state index in [2.05, 4.69) is 10.1 Å². The molecule has 0 saturated heterocycles. The Morgan fingerprint density at radius 2 is 1.53 bits per heavy atom. The molecular formula is C23H28F2N2O5. The zero-order valence-electron chi connectivity index (χ0n) is 18.7. The van der Waals surface area contributed by atoms with Gasteiger partial charge in [0.05, 0.1) is 14.2 Å². The topological polar surface area (TPSA) is 77.1 Å². The molecule has 1 N–H and O–H groups in total. The number of ether oxygens (including phenoxy) is 3. The van der Waals surface area contributed by atoms with Crippen LogP contribution in [0.5, 0.6) is 17.2 Å². The van der Waals surface area contributed by atoms with E-state index in [9.17, 15) is 18.4 Å². The lowest BCUT2D eigenvalue weighted by Gasteiger charge is -2.27. The minimum atomic E-state index is -2.90. The van der Waals surface area contributed by atoms with Crippen molar-refractivity contribution in [2.75, 3.05) is 21.3 Å². The van der Waals surface area contributed by atoms with Gasteiger partial charge in [-0.25, -0.2) is 0 Å². The maximum Gasteiger partial charge on any atom is 0.387 e. The molecule has 0 heterocycles. The molecule has 0 saturated carbocycles. The molecular weight excluding hydrogens is 422 g/mol. The Hall–Kier alpha value is -3.36. The molecule has 2 aromatic rings. The Morgan fingerprint density at radius 3 is 2.00 bits per heavy atom. The molecule has 0 aliphatic carbocycles. The van der Waals surface area contributed by atoms with Crippen LogP contribution < -0.4 is 19.5 Å². The van der Waals surface area contributed by atoms with Crippen LogP contribution in [0.25, 0.3) is 0 Å². The zero-order valence-corrected chi connectivity index (χ0v) is 18.7. The molecule has 1 atom stereocenters. The quantitative estimate of drug-likeness (QED) is 0.597. The standard InChI is InChI=1S/C23H28F2N2O5/c1-14(2)20(26-21(28)16-10-18(30-4)12-19(11-16)31-5)22(29)27(3)13-15-6-8-17(9-7-15)32-23(24)25/h6-12,14,20,23H,13H2,1-5H3,(H,26,28). The van der Waals surface area contributed by atoms with Crippen molar-refractivity contribution in [2.24, 2.45) is 5.92 Å². The number of likely N-dealkylation sites (N-methyl/N-ethyl adjacent to an activating group) is 1. The lowest BCUT2D eigenvalue weighted by molar-refractivity contribution is -0.133. The van der Waals surface area contributed by atoms with Gasteiger partial charge in [0.15, 0.2) is 0 Å². The number of hydrogen-bond donors (Lipinski definition) is 1. The van der Waals surface area contributed by atoms with Crippen molar-refractivity contribution < 1.29 is 32.6 Å². The summed E-state index contributed by atoms with van der Waals surface area (Å²) >= 11 is 0. The molecule has 1 unspecified atom stereocenters. The summed E-state index contributed by atoms with van der Waals surface area (Å²) in [5.74, 6) is 0.0610. The van der Waals surface area contributed by atoms with E-state index in [1.807, 2.05) is 13.8 Å². The van der Waals surface area contributed by atoms with Gasteiger partial charge in [0.2, 0.25) is 5.91 Å². The molecule has 7 nitrogen and oxygen atoms in total. The molecule has 0 radical (unpaired) electrons. The molecule has 9 heteroatoms. The summed E-state index contributed by atoms with van der Waals surface area (Å²) in [6.45, 7) is 1.00. The van der Waals surface area contributed by atoms with Gasteiger partial charge < -0.3 is 24.4 Å². The third kappa shape index (κ3) is 6.83. The number of carbonyl (C=O) groups excluding carboxylic acids is 2. The largest absolute Gasteiger partial charge is 0.497 e. The van der Waals surface area contributed by atoms with E-state index < -0.39 is 18.6 Å². The van der Waals surface area contributed by atoms with Gasteiger partial charge in [0.1, 0.15) is 23.3 Å². The second-order valence-electron chi connectivity index (χ2n) is 7.51. The second kappa shape index (κ2) is 11.3. The van der Waals surface area contributed by atoms with Gasteiger partial charge in [0, 0.05) is 25.2 Å². The average molecular weight is 450 g/mol. The van der Waals surface area contributed by atoms with Gasteiger partial charge in [-0.3, -0.25) is 9.59 Å². The van der Waals surface area contributed by atoms with Gasteiger partial charge in [-0.15, -0.1) is 0 Å². The van der Waals surface area contributed by atoms with Gasteiger partial charge in [0.25, 0.3) is 5.91 Å². The Labute approximate surface area is 186 Å². The minimum Gasteiger partial charge on any atom is -0.497 e. The Kier molecular flexibility index (Phi) is 8.80. The highest BCUT2D eigenvalue weighted by Crippen LogP contribution is 2.23. The third-order valence-corrected chi connectivity index (χ3v) is 4.78. The fourth-order valence-corrected chi connectivity index (χ4v) is 3.04. The highest BCUT2D eigenvalue weighted by molar-refractivity contribution is 5.98. The molecule has 0 aliphatic rings. The molecule has 0 aromatic heterocycles. The maximum absolute atomic E-state index is 13.1. The first-order chi connectivity index (χ1) is 15.1. The van der Waals surface area contributed by atoms with Gasteiger partial charge in [-0.05, 0) is 35.7 Å². The van der Waals surface area contributed by atoms with E-state index in [0.29, 0.717) is 17.1 Å². The monoisotopic (exact) mass is 450 g/mol. The lowest BCUT2D eigenvalue weighted by atomic mass is 10.0. The smallest absolute Gasteiger partial charge is 0.387 e. The fraction of sp³-hybridized carbons (Fsp3) is 0.391. The SMILES string of the molecule is COc1cc(OC)cc(C(=O)NC(C(=O)N(C)Cc2ccc(OC(F)F)cc2)C(C)C)c1. The molecule has 32 heavy (non-hydrogen) atoms. The van der Waals surface area contributed by atoms with Crippen LogP contribution in [0.1, 0.15) is 29.8 Å². The number of alkyl halides is 2. The van der Waals surface area contributed by atoms with Crippen molar-refractivity contribution in [1.29, 1.82) is 0 Å². The van der Waals surface area contributed by atoms with Crippen LogP contribution >= 0.6 is 0 Å². The summed E-state index contributed by atoms with van der Waals surface area (Å²) in [5.41, 5.74) is 1.03. The Morgan fingerprint density at radius 1 is 0.969 bits per heavy atom. The fourth-order valence-electron chi connectivity index (χ4n) is 3.04. The highest BCUT2D eigenvalue weighted by atomic mass is 19.3. The summed E-state index contributed by atoms with van der Waals surface area (Å²) in [5, 5.41) is 2.79. The molecule has 2 rings (SSSR count). The first-order valence-corrected chi connectivity index (χ1v) is 9.97. The van der Waals surface area contributed by atoms with E-state index in [-0.39, 0.29) is 24.1 Å². The molecule has 0 bridgehead atoms. The summed E-state index contributed by atoms with van der Waals surface area (Å²) in [6.07, 6.45) is 0. The van der Waals surface area contributed by atoms with Crippen LogP contribution in [0.15, 0.2) is 42.5 Å². The number of benzene rings is 2. The zero-order chi connectivity index (χ0) is 23.8. The van der Waals surface area contributed by atoms with Gasteiger partial charge >= 0.3 is 6.61 Å². The molecule has 174 valence electrons. The van der Waals surface area contributed by atoms with Crippen LogP contribution in [-0.2, 0) is 11.3 Å². The van der Waals surface area contributed by atoms with E-state index in [4.69, 9.17) is 9.47 Å². The Balaban J connectivity index is 2.10. The summed E-state index contributed by atoms with van der Waals surface area (Å²) in [4.78, 5) is 27.4. The van der Waals surface area contributed by atoms with Crippen LogP contribution in [-0.4, -0.2) is 50.6 Å². The molecule has 2 aromatic carbocycles. The highest BCUT2D eigenvalue weighted by Gasteiger charge is 2.28. The lowest BCUT2D eigenvalue weighted by Crippen LogP contribution is -2.50. The van der Waals surface area contributed by atoms with Gasteiger partial charge in [-0.1, -0.05) is 26.0 Å². The van der Waals surface area contributed by atoms with E-state index in [0.717, 1.165) is 5.56 Å². The summed E-state index contributed by atoms with van der Waals surface area (Å²) in [7, 11) is 4.58. The van der Waals surface area contributed by atoms with Crippen molar-refractivity contribution in [3.8, 4) is 17.2 Å². The first kappa shape index (κ1) is 24.9. The van der Waals surface area contributed by atoms with Crippen molar-refractivity contribution in [2.45, 2.75) is 33.0 Å². The number of rotatable bonds is 10. The van der Waals surface area contributed by atoms with Crippen LogP contribution in [0.2, 0.25) is 0 Å². The van der Waals surface area contributed by atoms with Crippen LogP contribution in [0.3, 0.4) is 0 Å². The van der Waals surface area contributed by atoms with Gasteiger partial charge in [-0.2, -0.15) is 8.78 Å². The van der Waals surface area contributed by atoms with Crippen molar-refractivity contribution >= 4 is 11.8 Å². The number of hydrogen-bond acceptors (Lipinski definition) is 5. The van der Waals surface area contributed by atoms with Crippen LogP contribution in [0, 0.1) is 5.92 Å². The number of amides is 2. The van der Waals surface area contributed by atoms with Crippen LogP contribution in [0.4, 0.5) is 8.78 Å². The maximum atomic E-state index is 13.1. The first-order valence-electron chi connectivity index (χ1n) is 9.97. The number of nitrogens with zero attached hydrogens (tertiary/aromatic N) is 1.